The first kappa shape index (κ1) is 16.6. The molecule has 2 aromatic rings. The molecule has 1 saturated heterocycles. The molecule has 2 aliphatic rings. The summed E-state index contributed by atoms with van der Waals surface area (Å²) in [7, 11) is 0. The molecule has 0 amide bonds. The molecule has 1 heterocycles. The van der Waals surface area contributed by atoms with Gasteiger partial charge in [-0.25, -0.2) is 0 Å². The highest BCUT2D eigenvalue weighted by molar-refractivity contribution is 5.56. The summed E-state index contributed by atoms with van der Waals surface area (Å²) in [6, 6.07) is 18.2. The first-order valence-corrected chi connectivity index (χ1v) is 9.73. The summed E-state index contributed by atoms with van der Waals surface area (Å²) >= 11 is 0. The largest absolute Gasteiger partial charge is 0.385 e. The molecule has 25 heavy (non-hydrogen) atoms. The van der Waals surface area contributed by atoms with Crippen molar-refractivity contribution in [2.24, 2.45) is 0 Å². The van der Waals surface area contributed by atoms with Gasteiger partial charge in [0.25, 0.3) is 0 Å². The van der Waals surface area contributed by atoms with E-state index in [9.17, 15) is 0 Å². The molecule has 0 bridgehead atoms. The molecule has 132 valence electrons. The van der Waals surface area contributed by atoms with Gasteiger partial charge in [-0.15, -0.1) is 0 Å². The first-order chi connectivity index (χ1) is 12.4. The van der Waals surface area contributed by atoms with Gasteiger partial charge >= 0.3 is 0 Å². The third-order valence-electron chi connectivity index (χ3n) is 5.54. The Hall–Kier alpha value is -1.84. The lowest BCUT2D eigenvalue weighted by molar-refractivity contribution is 0.189. The number of rotatable bonds is 6. The van der Waals surface area contributed by atoms with Crippen LogP contribution >= 0.6 is 0 Å². The molecule has 2 aromatic carbocycles. The van der Waals surface area contributed by atoms with Crippen LogP contribution in [0.1, 0.15) is 29.5 Å². The minimum atomic E-state index is 0.585. The number of hydrogen-bond donors (Lipinski definition) is 2. The van der Waals surface area contributed by atoms with Gasteiger partial charge in [-0.3, -0.25) is 4.90 Å². The molecule has 0 spiro atoms. The molecule has 4 rings (SSSR count). The van der Waals surface area contributed by atoms with Crippen molar-refractivity contribution in [3.8, 4) is 0 Å². The van der Waals surface area contributed by atoms with E-state index in [-0.39, 0.29) is 0 Å². The van der Waals surface area contributed by atoms with Crippen LogP contribution in [0, 0.1) is 0 Å². The maximum Gasteiger partial charge on any atom is 0.0375 e. The van der Waals surface area contributed by atoms with E-state index in [0.29, 0.717) is 6.04 Å². The molecule has 1 fully saturated rings. The van der Waals surface area contributed by atoms with Crippen LogP contribution in [0.5, 0.6) is 0 Å². The maximum atomic E-state index is 3.70. The fourth-order valence-electron chi connectivity index (χ4n) is 4.24. The predicted molar refractivity (Wildman–Crippen MR) is 105 cm³/mol. The van der Waals surface area contributed by atoms with E-state index in [1.807, 2.05) is 0 Å². The Labute approximate surface area is 151 Å². The topological polar surface area (TPSA) is 27.3 Å². The van der Waals surface area contributed by atoms with Gasteiger partial charge in [0.05, 0.1) is 0 Å². The quantitative estimate of drug-likeness (QED) is 0.847. The third kappa shape index (κ3) is 4.23. The van der Waals surface area contributed by atoms with Gasteiger partial charge in [-0.2, -0.15) is 0 Å². The van der Waals surface area contributed by atoms with Crippen molar-refractivity contribution >= 4 is 5.69 Å². The standard InChI is InChI=1S/C22H29N3/c1-2-6-18(7-3-1)16-25-15-14-23-20(17-25)12-13-24-22-11-5-9-19-8-4-10-21(19)22/h1-3,5-7,9,11,20,23-24H,4,8,10,12-17H2. The average molecular weight is 335 g/mol. The van der Waals surface area contributed by atoms with Crippen LogP contribution in [0.2, 0.25) is 0 Å². The van der Waals surface area contributed by atoms with Gasteiger partial charge in [0.1, 0.15) is 0 Å². The molecule has 3 nitrogen and oxygen atoms in total. The van der Waals surface area contributed by atoms with Crippen LogP contribution in [0.25, 0.3) is 0 Å². The molecule has 2 N–H and O–H groups in total. The zero-order valence-electron chi connectivity index (χ0n) is 15.0. The zero-order chi connectivity index (χ0) is 16.9. The van der Waals surface area contributed by atoms with E-state index in [4.69, 9.17) is 0 Å². The van der Waals surface area contributed by atoms with E-state index < -0.39 is 0 Å². The number of fused-ring (bicyclic) bond motifs is 1. The number of piperazine rings is 1. The summed E-state index contributed by atoms with van der Waals surface area (Å²) in [5.41, 5.74) is 5.90. The van der Waals surface area contributed by atoms with E-state index in [0.717, 1.165) is 32.7 Å². The Morgan fingerprint density at radius 1 is 1.04 bits per heavy atom. The Morgan fingerprint density at radius 2 is 1.96 bits per heavy atom. The average Bonchev–Trinajstić information content (AvgIpc) is 3.13. The van der Waals surface area contributed by atoms with E-state index >= 15 is 0 Å². The van der Waals surface area contributed by atoms with Crippen molar-refractivity contribution in [3.05, 3.63) is 65.2 Å². The fourth-order valence-corrected chi connectivity index (χ4v) is 4.24. The van der Waals surface area contributed by atoms with E-state index in [2.05, 4.69) is 64.1 Å². The number of benzene rings is 2. The summed E-state index contributed by atoms with van der Waals surface area (Å²) in [4.78, 5) is 2.58. The maximum absolute atomic E-state index is 3.70. The molecular weight excluding hydrogens is 306 g/mol. The molecule has 0 saturated carbocycles. The van der Waals surface area contributed by atoms with Crippen molar-refractivity contribution in [1.82, 2.24) is 10.2 Å². The number of nitrogens with zero attached hydrogens (tertiary/aromatic N) is 1. The highest BCUT2D eigenvalue weighted by Gasteiger charge is 2.19. The number of anilines is 1. The zero-order valence-corrected chi connectivity index (χ0v) is 15.0. The minimum Gasteiger partial charge on any atom is -0.385 e. The molecule has 3 heteroatoms. The van der Waals surface area contributed by atoms with Gasteiger partial charge in [-0.05, 0) is 48.4 Å². The predicted octanol–water partition coefficient (Wildman–Crippen LogP) is 3.45. The van der Waals surface area contributed by atoms with Crippen LogP contribution in [-0.4, -0.2) is 37.1 Å². The Balaban J connectivity index is 1.26. The van der Waals surface area contributed by atoms with Crippen LogP contribution in [0.4, 0.5) is 5.69 Å². The SMILES string of the molecule is c1ccc(CN2CCNC(CCNc3cccc4c3CCC4)C2)cc1. The molecular formula is C22H29N3. The lowest BCUT2D eigenvalue weighted by Crippen LogP contribution is -2.50. The van der Waals surface area contributed by atoms with Crippen molar-refractivity contribution in [2.75, 3.05) is 31.5 Å². The van der Waals surface area contributed by atoms with Gasteiger partial charge in [0.2, 0.25) is 0 Å². The van der Waals surface area contributed by atoms with E-state index in [1.54, 1.807) is 11.1 Å². The normalized spacial score (nSPS) is 20.4. The monoisotopic (exact) mass is 335 g/mol. The molecule has 1 atom stereocenters. The molecule has 1 aliphatic heterocycles. The summed E-state index contributed by atoms with van der Waals surface area (Å²) < 4.78 is 0. The lowest BCUT2D eigenvalue weighted by atomic mass is 10.1. The van der Waals surface area contributed by atoms with Crippen LogP contribution in [0.3, 0.4) is 0 Å². The number of nitrogens with one attached hydrogen (secondary N) is 2. The highest BCUT2D eigenvalue weighted by Crippen LogP contribution is 2.28. The summed E-state index contributed by atoms with van der Waals surface area (Å²) in [6.45, 7) is 5.50. The van der Waals surface area contributed by atoms with Crippen molar-refractivity contribution in [2.45, 2.75) is 38.3 Å². The van der Waals surface area contributed by atoms with Crippen LogP contribution in [0.15, 0.2) is 48.5 Å². The molecule has 0 aromatic heterocycles. The van der Waals surface area contributed by atoms with Gasteiger partial charge in [0, 0.05) is 44.5 Å². The van der Waals surface area contributed by atoms with Crippen molar-refractivity contribution < 1.29 is 0 Å². The highest BCUT2D eigenvalue weighted by atomic mass is 15.2. The summed E-state index contributed by atoms with van der Waals surface area (Å²) in [6.07, 6.45) is 4.98. The molecule has 1 aliphatic carbocycles. The van der Waals surface area contributed by atoms with Gasteiger partial charge < -0.3 is 10.6 Å². The minimum absolute atomic E-state index is 0.585. The fraction of sp³-hybridized carbons (Fsp3) is 0.455. The second-order valence-electron chi connectivity index (χ2n) is 7.38. The first-order valence-electron chi connectivity index (χ1n) is 9.73. The molecule has 1 unspecified atom stereocenters. The Kier molecular flexibility index (Phi) is 5.34. The lowest BCUT2D eigenvalue weighted by Gasteiger charge is -2.34. The van der Waals surface area contributed by atoms with Crippen molar-refractivity contribution in [3.63, 3.8) is 0 Å². The van der Waals surface area contributed by atoms with Crippen molar-refractivity contribution in [1.29, 1.82) is 0 Å². The second-order valence-corrected chi connectivity index (χ2v) is 7.38. The van der Waals surface area contributed by atoms with Crippen LogP contribution in [-0.2, 0) is 19.4 Å². The van der Waals surface area contributed by atoms with E-state index in [1.165, 1.54) is 36.9 Å². The third-order valence-corrected chi connectivity index (χ3v) is 5.54. The van der Waals surface area contributed by atoms with Crippen LogP contribution < -0.4 is 10.6 Å². The Bertz CT molecular complexity index is 683. The molecule has 0 radical (unpaired) electrons. The summed E-state index contributed by atoms with van der Waals surface area (Å²) in [5.74, 6) is 0. The van der Waals surface area contributed by atoms with Gasteiger partial charge in [-0.1, -0.05) is 42.5 Å². The Morgan fingerprint density at radius 3 is 2.88 bits per heavy atom. The number of aryl methyl sites for hydroxylation is 1. The second kappa shape index (κ2) is 8.03. The van der Waals surface area contributed by atoms with Gasteiger partial charge in [0.15, 0.2) is 0 Å². The number of hydrogen-bond acceptors (Lipinski definition) is 3. The smallest absolute Gasteiger partial charge is 0.0375 e. The summed E-state index contributed by atoms with van der Waals surface area (Å²) in [5, 5.41) is 7.39.